The Morgan fingerprint density at radius 2 is 1.87 bits per heavy atom. The molecule has 0 saturated heterocycles. The second-order valence-corrected chi connectivity index (χ2v) is 8.36. The Bertz CT molecular complexity index is 921. The minimum absolute atomic E-state index is 0.238. The van der Waals surface area contributed by atoms with Crippen LogP contribution in [-0.2, 0) is 10.0 Å². The van der Waals surface area contributed by atoms with Crippen LogP contribution in [0.15, 0.2) is 63.4 Å². The zero-order valence-corrected chi connectivity index (χ0v) is 15.4. The van der Waals surface area contributed by atoms with Gasteiger partial charge in [0, 0.05) is 27.3 Å². The van der Waals surface area contributed by atoms with Crippen LogP contribution in [0.25, 0.3) is 10.6 Å². The van der Waals surface area contributed by atoms with E-state index in [-0.39, 0.29) is 4.90 Å². The summed E-state index contributed by atoms with van der Waals surface area (Å²) < 4.78 is 28.4. The van der Waals surface area contributed by atoms with Crippen LogP contribution in [0.4, 0.5) is 5.69 Å². The van der Waals surface area contributed by atoms with Gasteiger partial charge in [0.1, 0.15) is 5.01 Å². The molecule has 7 heteroatoms. The minimum Gasteiger partial charge on any atom is -0.280 e. The number of thiazole rings is 1. The first-order valence-electron chi connectivity index (χ1n) is 6.74. The van der Waals surface area contributed by atoms with E-state index in [1.54, 1.807) is 47.9 Å². The lowest BCUT2D eigenvalue weighted by Gasteiger charge is -2.09. The van der Waals surface area contributed by atoms with Crippen LogP contribution in [-0.4, -0.2) is 13.4 Å². The summed E-state index contributed by atoms with van der Waals surface area (Å²) in [6, 6.07) is 12.1. The summed E-state index contributed by atoms with van der Waals surface area (Å²) in [5, 5.41) is 2.81. The number of aromatic nitrogens is 1. The molecule has 0 aliphatic heterocycles. The molecule has 23 heavy (non-hydrogen) atoms. The fraction of sp³-hybridized carbons (Fsp3) is 0.0625. The van der Waals surface area contributed by atoms with Gasteiger partial charge in [-0.25, -0.2) is 13.4 Å². The van der Waals surface area contributed by atoms with E-state index >= 15 is 0 Å². The molecule has 1 N–H and O–H groups in total. The molecule has 2 aromatic carbocycles. The molecule has 0 atom stereocenters. The Kier molecular flexibility index (Phi) is 4.52. The Morgan fingerprint density at radius 3 is 2.48 bits per heavy atom. The van der Waals surface area contributed by atoms with Gasteiger partial charge in [-0.2, -0.15) is 0 Å². The number of halogens is 1. The maximum absolute atomic E-state index is 12.4. The highest BCUT2D eigenvalue weighted by Crippen LogP contribution is 2.25. The molecule has 0 bridgehead atoms. The van der Waals surface area contributed by atoms with E-state index in [1.807, 2.05) is 24.4 Å². The Labute approximate surface area is 147 Å². The predicted octanol–water partition coefficient (Wildman–Crippen LogP) is 4.68. The lowest BCUT2D eigenvalue weighted by atomic mass is 10.2. The normalized spacial score (nSPS) is 11.4. The van der Waals surface area contributed by atoms with Gasteiger partial charge in [0.2, 0.25) is 0 Å². The molecule has 1 heterocycles. The Balaban J connectivity index is 1.84. The van der Waals surface area contributed by atoms with Crippen molar-refractivity contribution in [2.45, 2.75) is 11.8 Å². The van der Waals surface area contributed by atoms with Crippen molar-refractivity contribution < 1.29 is 8.42 Å². The summed E-state index contributed by atoms with van der Waals surface area (Å²) in [5.41, 5.74) is 2.35. The average molecular weight is 409 g/mol. The molecule has 3 aromatic rings. The maximum atomic E-state index is 12.4. The quantitative estimate of drug-likeness (QED) is 0.681. The van der Waals surface area contributed by atoms with Gasteiger partial charge in [0.15, 0.2) is 0 Å². The van der Waals surface area contributed by atoms with Crippen molar-refractivity contribution in [3.63, 3.8) is 0 Å². The molecular weight excluding hydrogens is 396 g/mol. The lowest BCUT2D eigenvalue weighted by molar-refractivity contribution is 0.601. The summed E-state index contributed by atoms with van der Waals surface area (Å²) in [6.07, 6.45) is 1.74. The Morgan fingerprint density at radius 1 is 1.13 bits per heavy atom. The third kappa shape index (κ3) is 3.63. The first-order chi connectivity index (χ1) is 11.0. The predicted molar refractivity (Wildman–Crippen MR) is 97.2 cm³/mol. The minimum atomic E-state index is -3.60. The van der Waals surface area contributed by atoms with Crippen LogP contribution in [0, 0.1) is 6.92 Å². The van der Waals surface area contributed by atoms with E-state index in [0.29, 0.717) is 5.69 Å². The van der Waals surface area contributed by atoms with Gasteiger partial charge in [-0.1, -0.05) is 15.9 Å². The molecule has 0 saturated carbocycles. The molecule has 0 unspecified atom stereocenters. The SMILES string of the molecule is Cc1cc(S(=O)(=O)Nc2ccc(-c3nccs3)cc2)ccc1Br. The smallest absolute Gasteiger partial charge is 0.261 e. The molecule has 3 rings (SSSR count). The number of anilines is 1. The van der Waals surface area contributed by atoms with E-state index in [0.717, 1.165) is 20.6 Å². The molecular formula is C16H13BrN2O2S2. The third-order valence-corrected chi connectivity index (χ3v) is 6.35. The molecule has 4 nitrogen and oxygen atoms in total. The molecule has 0 radical (unpaired) electrons. The molecule has 0 amide bonds. The van der Waals surface area contributed by atoms with Crippen molar-refractivity contribution in [2.75, 3.05) is 4.72 Å². The number of aryl methyl sites for hydroxylation is 1. The van der Waals surface area contributed by atoms with Crippen LogP contribution in [0.5, 0.6) is 0 Å². The monoisotopic (exact) mass is 408 g/mol. The van der Waals surface area contributed by atoms with Crippen LogP contribution >= 0.6 is 27.3 Å². The number of nitrogens with zero attached hydrogens (tertiary/aromatic N) is 1. The van der Waals surface area contributed by atoms with E-state index in [2.05, 4.69) is 25.6 Å². The number of hydrogen-bond donors (Lipinski definition) is 1. The van der Waals surface area contributed by atoms with Gasteiger partial charge in [-0.3, -0.25) is 4.72 Å². The number of hydrogen-bond acceptors (Lipinski definition) is 4. The first-order valence-corrected chi connectivity index (χ1v) is 9.90. The van der Waals surface area contributed by atoms with Crippen molar-refractivity contribution in [3.05, 3.63) is 64.1 Å². The standard InChI is InChI=1S/C16H13BrN2O2S2/c1-11-10-14(6-7-15(11)17)23(20,21)19-13-4-2-12(3-5-13)16-18-8-9-22-16/h2-10,19H,1H3. The van der Waals surface area contributed by atoms with Gasteiger partial charge >= 0.3 is 0 Å². The molecule has 0 fully saturated rings. The number of benzene rings is 2. The third-order valence-electron chi connectivity index (χ3n) is 3.26. The maximum Gasteiger partial charge on any atom is 0.261 e. The van der Waals surface area contributed by atoms with Crippen molar-refractivity contribution in [3.8, 4) is 10.6 Å². The molecule has 0 aliphatic rings. The average Bonchev–Trinajstić information content (AvgIpc) is 3.04. The van der Waals surface area contributed by atoms with Crippen LogP contribution in [0.1, 0.15) is 5.56 Å². The first kappa shape index (κ1) is 16.2. The van der Waals surface area contributed by atoms with E-state index < -0.39 is 10.0 Å². The fourth-order valence-corrected chi connectivity index (χ4v) is 4.08. The van der Waals surface area contributed by atoms with Crippen molar-refractivity contribution in [2.24, 2.45) is 0 Å². The lowest BCUT2D eigenvalue weighted by Crippen LogP contribution is -2.13. The van der Waals surface area contributed by atoms with Gasteiger partial charge in [-0.15, -0.1) is 11.3 Å². The van der Waals surface area contributed by atoms with Crippen molar-refractivity contribution in [1.82, 2.24) is 4.98 Å². The topological polar surface area (TPSA) is 59.1 Å². The van der Waals surface area contributed by atoms with Crippen molar-refractivity contribution >= 4 is 43.0 Å². The van der Waals surface area contributed by atoms with Crippen LogP contribution in [0.2, 0.25) is 0 Å². The second-order valence-electron chi connectivity index (χ2n) is 4.93. The summed E-state index contributed by atoms with van der Waals surface area (Å²) >= 11 is 4.91. The van der Waals surface area contributed by atoms with Crippen LogP contribution in [0.3, 0.4) is 0 Å². The highest BCUT2D eigenvalue weighted by molar-refractivity contribution is 9.10. The number of sulfonamides is 1. The van der Waals surface area contributed by atoms with Gasteiger partial charge < -0.3 is 0 Å². The number of nitrogens with one attached hydrogen (secondary N) is 1. The fourth-order valence-electron chi connectivity index (χ4n) is 2.05. The molecule has 118 valence electrons. The zero-order chi connectivity index (χ0) is 16.4. The summed E-state index contributed by atoms with van der Waals surface area (Å²) in [5.74, 6) is 0. The molecule has 0 aliphatic carbocycles. The molecule has 0 spiro atoms. The van der Waals surface area contributed by atoms with Crippen LogP contribution < -0.4 is 4.72 Å². The zero-order valence-electron chi connectivity index (χ0n) is 12.2. The van der Waals surface area contributed by atoms with Gasteiger partial charge in [0.25, 0.3) is 10.0 Å². The summed E-state index contributed by atoms with van der Waals surface area (Å²) in [4.78, 5) is 4.47. The second kappa shape index (κ2) is 6.43. The number of rotatable bonds is 4. The van der Waals surface area contributed by atoms with Gasteiger partial charge in [0.05, 0.1) is 4.90 Å². The summed E-state index contributed by atoms with van der Waals surface area (Å²) in [7, 11) is -3.60. The summed E-state index contributed by atoms with van der Waals surface area (Å²) in [6.45, 7) is 1.85. The van der Waals surface area contributed by atoms with E-state index in [4.69, 9.17) is 0 Å². The van der Waals surface area contributed by atoms with E-state index in [9.17, 15) is 8.42 Å². The highest BCUT2D eigenvalue weighted by Gasteiger charge is 2.15. The largest absolute Gasteiger partial charge is 0.280 e. The highest BCUT2D eigenvalue weighted by atomic mass is 79.9. The van der Waals surface area contributed by atoms with Gasteiger partial charge in [-0.05, 0) is 55.0 Å². The van der Waals surface area contributed by atoms with E-state index in [1.165, 1.54) is 0 Å². The Hall–Kier alpha value is -1.70. The van der Waals surface area contributed by atoms with Crippen molar-refractivity contribution in [1.29, 1.82) is 0 Å². The molecule has 1 aromatic heterocycles.